The van der Waals surface area contributed by atoms with Crippen LogP contribution < -0.4 is 0 Å². The Kier molecular flexibility index (Phi) is 16.3. The molecule has 0 aromatic carbocycles. The molecule has 2 heteroatoms. The second-order valence-electron chi connectivity index (χ2n) is 2.75. The topological polar surface area (TPSA) is 18.5 Å². The predicted octanol–water partition coefficient (Wildman–Crippen LogP) is 3.21. The maximum atomic E-state index is 4.68. The molecule has 0 bridgehead atoms. The third kappa shape index (κ3) is 16.5. The molecule has 12 heavy (non-hydrogen) atoms. The van der Waals surface area contributed by atoms with Crippen molar-refractivity contribution in [1.82, 2.24) is 0 Å². The van der Waals surface area contributed by atoms with E-state index in [1.165, 1.54) is 25.7 Å². The van der Waals surface area contributed by atoms with E-state index >= 15 is 0 Å². The lowest BCUT2D eigenvalue weighted by molar-refractivity contribution is -0.0877. The second-order valence-corrected chi connectivity index (χ2v) is 2.75. The number of rotatable bonds is 5. The maximum Gasteiger partial charge on any atom is 0.154 e. The molecule has 0 unspecified atom stereocenters. The summed E-state index contributed by atoms with van der Waals surface area (Å²) >= 11 is 0. The Morgan fingerprint density at radius 3 is 1.33 bits per heavy atom. The first-order chi connectivity index (χ1) is 5.72. The molecule has 0 aliphatic carbocycles. The summed E-state index contributed by atoms with van der Waals surface area (Å²) in [4.78, 5) is 0. The number of methoxy groups -OCH3 is 2. The van der Waals surface area contributed by atoms with Crippen LogP contribution in [0.25, 0.3) is 0 Å². The van der Waals surface area contributed by atoms with Gasteiger partial charge in [0.05, 0.1) is 0 Å². The van der Waals surface area contributed by atoms with Crippen LogP contribution in [0, 0.1) is 0 Å². The third-order valence-corrected chi connectivity index (χ3v) is 1.62. The van der Waals surface area contributed by atoms with Crippen molar-refractivity contribution >= 4 is 0 Å². The zero-order valence-corrected chi connectivity index (χ0v) is 9.22. The second kappa shape index (κ2) is 13.5. The van der Waals surface area contributed by atoms with E-state index in [9.17, 15) is 0 Å². The van der Waals surface area contributed by atoms with Crippen LogP contribution in [0.4, 0.5) is 0 Å². The molecule has 0 aromatic rings. The van der Waals surface area contributed by atoms with Gasteiger partial charge >= 0.3 is 0 Å². The highest BCUT2D eigenvalue weighted by Crippen LogP contribution is 1.95. The van der Waals surface area contributed by atoms with Gasteiger partial charge in [0.2, 0.25) is 0 Å². The third-order valence-electron chi connectivity index (χ3n) is 1.62. The Morgan fingerprint density at radius 1 is 0.917 bits per heavy atom. The van der Waals surface area contributed by atoms with Gasteiger partial charge < -0.3 is 9.47 Å². The molecule has 0 atom stereocenters. The molecule has 0 aromatic heterocycles. The molecule has 0 aliphatic rings. The molecule has 0 fully saturated rings. The monoisotopic (exact) mass is 176 g/mol. The lowest BCUT2D eigenvalue weighted by atomic mass is 10.2. The number of hydrogen-bond acceptors (Lipinski definition) is 2. The normalized spacial score (nSPS) is 9.50. The average Bonchev–Trinajstić information content (AvgIpc) is 2.14. The van der Waals surface area contributed by atoms with E-state index in [2.05, 4.69) is 23.3 Å². The van der Waals surface area contributed by atoms with E-state index in [0.717, 1.165) is 0 Å². The molecule has 0 N–H and O–H groups in total. The van der Waals surface area contributed by atoms with Crippen molar-refractivity contribution in [3.05, 3.63) is 0 Å². The van der Waals surface area contributed by atoms with Crippen molar-refractivity contribution in [1.29, 1.82) is 0 Å². The highest BCUT2D eigenvalue weighted by Gasteiger charge is 1.87. The Morgan fingerprint density at radius 2 is 1.25 bits per heavy atom. The zero-order valence-electron chi connectivity index (χ0n) is 9.22. The molecule has 0 heterocycles. The zero-order chi connectivity index (χ0) is 9.82. The van der Waals surface area contributed by atoms with Crippen molar-refractivity contribution in [2.24, 2.45) is 0 Å². The Bertz CT molecular complexity index is 56.9. The first-order valence-electron chi connectivity index (χ1n) is 4.78. The van der Waals surface area contributed by atoms with Gasteiger partial charge in [-0.25, -0.2) is 0 Å². The quantitative estimate of drug-likeness (QED) is 0.473. The van der Waals surface area contributed by atoms with E-state index in [1.54, 1.807) is 14.2 Å². The molecule has 0 aliphatic heterocycles. The van der Waals surface area contributed by atoms with E-state index in [-0.39, 0.29) is 6.29 Å². The van der Waals surface area contributed by atoms with Crippen LogP contribution in [0.1, 0.15) is 46.5 Å². The van der Waals surface area contributed by atoms with Gasteiger partial charge in [-0.2, -0.15) is 0 Å². The molecule has 0 rings (SSSR count). The van der Waals surface area contributed by atoms with Gasteiger partial charge in [-0.1, -0.05) is 39.5 Å². The smallest absolute Gasteiger partial charge is 0.154 e. The molecule has 0 radical (unpaired) electrons. The van der Waals surface area contributed by atoms with Crippen molar-refractivity contribution in [3.63, 3.8) is 0 Å². The molecule has 0 amide bonds. The van der Waals surface area contributed by atoms with Crippen LogP contribution >= 0.6 is 0 Å². The standard InChI is InChI=1S/C6H14.C4H10O2/c1-3-5-6-4-2;1-4(5-2)6-3/h3-6H2,1-2H3;4H,1-3H3. The van der Waals surface area contributed by atoms with Gasteiger partial charge in [-0.3, -0.25) is 0 Å². The molecular formula is C10H24O2. The summed E-state index contributed by atoms with van der Waals surface area (Å²) in [5.41, 5.74) is 0. The van der Waals surface area contributed by atoms with Gasteiger partial charge in [0, 0.05) is 14.2 Å². The average molecular weight is 176 g/mol. The lowest BCUT2D eigenvalue weighted by Crippen LogP contribution is -2.05. The van der Waals surface area contributed by atoms with Crippen molar-refractivity contribution in [2.75, 3.05) is 14.2 Å². The fourth-order valence-electron chi connectivity index (χ4n) is 0.596. The van der Waals surface area contributed by atoms with E-state index in [1.807, 2.05) is 6.92 Å². The van der Waals surface area contributed by atoms with E-state index < -0.39 is 0 Å². The fraction of sp³-hybridized carbons (Fsp3) is 1.00. The summed E-state index contributed by atoms with van der Waals surface area (Å²) in [7, 11) is 3.21. The molecule has 0 spiro atoms. The molecular weight excluding hydrogens is 152 g/mol. The van der Waals surface area contributed by atoms with Gasteiger partial charge in [-0.15, -0.1) is 0 Å². The number of hydrogen-bond donors (Lipinski definition) is 0. The molecule has 0 saturated heterocycles. The minimum Gasteiger partial charge on any atom is -0.356 e. The summed E-state index contributed by atoms with van der Waals surface area (Å²) in [6, 6.07) is 0. The highest BCUT2D eigenvalue weighted by atomic mass is 16.7. The predicted molar refractivity (Wildman–Crippen MR) is 53.3 cm³/mol. The largest absolute Gasteiger partial charge is 0.356 e. The summed E-state index contributed by atoms with van der Waals surface area (Å²) in [6.07, 6.45) is 5.47. The number of ether oxygens (including phenoxy) is 2. The summed E-state index contributed by atoms with van der Waals surface area (Å²) in [6.45, 7) is 6.30. The van der Waals surface area contributed by atoms with E-state index in [0.29, 0.717) is 0 Å². The summed E-state index contributed by atoms with van der Waals surface area (Å²) in [5.74, 6) is 0. The van der Waals surface area contributed by atoms with Gasteiger partial charge in [-0.05, 0) is 6.92 Å². The maximum absolute atomic E-state index is 4.68. The Balaban J connectivity index is 0. The first-order valence-corrected chi connectivity index (χ1v) is 4.78. The summed E-state index contributed by atoms with van der Waals surface area (Å²) < 4.78 is 9.35. The molecule has 76 valence electrons. The lowest BCUT2D eigenvalue weighted by Gasteiger charge is -2.03. The van der Waals surface area contributed by atoms with E-state index in [4.69, 9.17) is 0 Å². The van der Waals surface area contributed by atoms with Crippen LogP contribution in [0.2, 0.25) is 0 Å². The minimum atomic E-state index is -0.0648. The van der Waals surface area contributed by atoms with Crippen LogP contribution in [-0.2, 0) is 9.47 Å². The SMILES string of the molecule is CCCCCC.COC(C)OC. The van der Waals surface area contributed by atoms with Crippen LogP contribution in [0.5, 0.6) is 0 Å². The van der Waals surface area contributed by atoms with Gasteiger partial charge in [0.25, 0.3) is 0 Å². The van der Waals surface area contributed by atoms with Crippen LogP contribution in [0.15, 0.2) is 0 Å². The first kappa shape index (κ1) is 14.4. The van der Waals surface area contributed by atoms with Crippen LogP contribution in [-0.4, -0.2) is 20.5 Å². The van der Waals surface area contributed by atoms with Gasteiger partial charge in [0.15, 0.2) is 6.29 Å². The van der Waals surface area contributed by atoms with Crippen molar-refractivity contribution in [3.8, 4) is 0 Å². The minimum absolute atomic E-state index is 0.0648. The molecule has 0 saturated carbocycles. The number of unbranched alkanes of at least 4 members (excludes halogenated alkanes) is 3. The Hall–Kier alpha value is -0.0800. The summed E-state index contributed by atoms with van der Waals surface area (Å²) in [5, 5.41) is 0. The van der Waals surface area contributed by atoms with Crippen molar-refractivity contribution < 1.29 is 9.47 Å². The van der Waals surface area contributed by atoms with Gasteiger partial charge in [0.1, 0.15) is 0 Å². The highest BCUT2D eigenvalue weighted by molar-refractivity contribution is 4.31. The molecule has 2 nitrogen and oxygen atoms in total. The fourth-order valence-corrected chi connectivity index (χ4v) is 0.596. The van der Waals surface area contributed by atoms with Crippen molar-refractivity contribution in [2.45, 2.75) is 52.7 Å². The Labute approximate surface area is 77.3 Å². The van der Waals surface area contributed by atoms with Crippen LogP contribution in [0.3, 0.4) is 0 Å².